The number of allylic oxidation sites excluding steroid dienone is 4. The van der Waals surface area contributed by atoms with Crippen LogP contribution in [0.4, 0.5) is 0 Å². The number of rotatable bonds is 73. The van der Waals surface area contributed by atoms with Gasteiger partial charge in [-0.15, -0.1) is 0 Å². The average molecular weight is 1410 g/mol. The molecule has 0 aromatic rings. The zero-order valence-corrected chi connectivity index (χ0v) is 64.1. The van der Waals surface area contributed by atoms with E-state index in [1.54, 1.807) is 0 Å². The summed E-state index contributed by atoms with van der Waals surface area (Å²) in [5.41, 5.74) is 0. The summed E-state index contributed by atoms with van der Waals surface area (Å²) in [7, 11) is -9.93. The quantitative estimate of drug-likeness (QED) is 0.0169. The highest BCUT2D eigenvalue weighted by molar-refractivity contribution is 7.47. The van der Waals surface area contributed by atoms with E-state index in [4.69, 9.17) is 37.0 Å². The van der Waals surface area contributed by atoms with E-state index in [1.807, 2.05) is 0 Å². The third-order valence-electron chi connectivity index (χ3n) is 17.6. The summed E-state index contributed by atoms with van der Waals surface area (Å²) < 4.78 is 68.5. The van der Waals surface area contributed by atoms with Crippen LogP contribution in [0.5, 0.6) is 0 Å². The molecule has 19 heteroatoms. The summed E-state index contributed by atoms with van der Waals surface area (Å²) in [6.07, 6.45) is 56.4. The maximum absolute atomic E-state index is 13.1. The molecule has 0 fully saturated rings. The lowest BCUT2D eigenvalue weighted by atomic mass is 9.99. The van der Waals surface area contributed by atoms with E-state index < -0.39 is 97.5 Å². The van der Waals surface area contributed by atoms with Crippen LogP contribution < -0.4 is 0 Å². The molecule has 566 valence electrons. The van der Waals surface area contributed by atoms with E-state index in [-0.39, 0.29) is 25.7 Å². The van der Waals surface area contributed by atoms with Gasteiger partial charge in [-0.2, -0.15) is 0 Å². The number of carbonyl (C=O) groups is 4. The summed E-state index contributed by atoms with van der Waals surface area (Å²) in [6, 6.07) is 0. The summed E-state index contributed by atoms with van der Waals surface area (Å²) in [4.78, 5) is 72.8. The van der Waals surface area contributed by atoms with Crippen molar-refractivity contribution in [1.82, 2.24) is 0 Å². The SMILES string of the molecule is CCCCCC/C=C\C=C/CCCCCCCC(=O)O[C@H](COC(=O)CCCCCCCCCCCCCCCCCC(C)C)COP(=O)(O)OC[C@@H](O)COP(=O)(O)OC[C@@H](COC(=O)CCCCCCCCC(C)C)OC(=O)CCCCCCCCCCCCC(C)CC. The Kier molecular flexibility index (Phi) is 65.3. The Hall–Kier alpha value is -2.46. The molecule has 0 aliphatic heterocycles. The molecule has 6 atom stereocenters. The monoisotopic (exact) mass is 1410 g/mol. The van der Waals surface area contributed by atoms with Crippen molar-refractivity contribution in [2.45, 2.75) is 388 Å². The van der Waals surface area contributed by atoms with Gasteiger partial charge in [0.15, 0.2) is 12.2 Å². The van der Waals surface area contributed by atoms with Gasteiger partial charge in [-0.25, -0.2) is 9.13 Å². The summed E-state index contributed by atoms with van der Waals surface area (Å²) in [5.74, 6) is 0.134. The zero-order valence-electron chi connectivity index (χ0n) is 62.3. The van der Waals surface area contributed by atoms with Gasteiger partial charge in [-0.05, 0) is 69.1 Å². The molecule has 0 heterocycles. The van der Waals surface area contributed by atoms with Crippen LogP contribution in [0.1, 0.15) is 370 Å². The van der Waals surface area contributed by atoms with Crippen LogP contribution in [-0.4, -0.2) is 96.7 Å². The fourth-order valence-electron chi connectivity index (χ4n) is 11.2. The Balaban J connectivity index is 5.27. The van der Waals surface area contributed by atoms with Crippen molar-refractivity contribution in [1.29, 1.82) is 0 Å². The van der Waals surface area contributed by atoms with Crippen LogP contribution in [0.3, 0.4) is 0 Å². The van der Waals surface area contributed by atoms with E-state index in [0.717, 1.165) is 121 Å². The Labute approximate surface area is 586 Å². The summed E-state index contributed by atoms with van der Waals surface area (Å²) in [5, 5.41) is 10.6. The molecule has 0 aromatic heterocycles. The number of hydrogen-bond donors (Lipinski definition) is 3. The molecular weight excluding hydrogens is 1260 g/mol. The topological polar surface area (TPSA) is 237 Å². The molecule has 96 heavy (non-hydrogen) atoms. The highest BCUT2D eigenvalue weighted by atomic mass is 31.2. The minimum Gasteiger partial charge on any atom is -0.462 e. The smallest absolute Gasteiger partial charge is 0.462 e. The first-order valence-electron chi connectivity index (χ1n) is 39.2. The highest BCUT2D eigenvalue weighted by Crippen LogP contribution is 2.45. The predicted molar refractivity (Wildman–Crippen MR) is 390 cm³/mol. The third kappa shape index (κ3) is 68.7. The number of hydrogen-bond acceptors (Lipinski definition) is 15. The van der Waals surface area contributed by atoms with E-state index in [0.29, 0.717) is 31.6 Å². The number of phosphoric ester groups is 2. The number of carbonyl (C=O) groups excluding carboxylic acids is 4. The molecule has 0 aromatic carbocycles. The Bertz CT molecular complexity index is 1970. The molecule has 0 aliphatic rings. The van der Waals surface area contributed by atoms with Gasteiger partial charge in [-0.3, -0.25) is 37.3 Å². The van der Waals surface area contributed by atoms with Crippen LogP contribution in [0.25, 0.3) is 0 Å². The minimum absolute atomic E-state index is 0.0849. The maximum Gasteiger partial charge on any atom is 0.472 e. The number of ether oxygens (including phenoxy) is 4. The molecule has 0 spiro atoms. The molecule has 0 aliphatic carbocycles. The third-order valence-corrected chi connectivity index (χ3v) is 19.5. The molecule has 3 unspecified atom stereocenters. The van der Waals surface area contributed by atoms with Gasteiger partial charge in [0.25, 0.3) is 0 Å². The summed E-state index contributed by atoms with van der Waals surface area (Å²) in [6.45, 7) is 11.8. The first-order valence-corrected chi connectivity index (χ1v) is 42.2. The minimum atomic E-state index is -4.97. The number of esters is 4. The van der Waals surface area contributed by atoms with Crippen molar-refractivity contribution < 1.29 is 80.2 Å². The van der Waals surface area contributed by atoms with Crippen molar-refractivity contribution in [2.75, 3.05) is 39.6 Å². The predicted octanol–water partition coefficient (Wildman–Crippen LogP) is 22.1. The number of unbranched alkanes of at least 4 members (excludes halogenated alkanes) is 37. The molecule has 0 rings (SSSR count). The van der Waals surface area contributed by atoms with Gasteiger partial charge in [0.1, 0.15) is 19.3 Å². The molecule has 0 radical (unpaired) electrons. The number of phosphoric acid groups is 2. The zero-order chi connectivity index (χ0) is 70.9. The normalized spacial score (nSPS) is 14.5. The fourth-order valence-corrected chi connectivity index (χ4v) is 12.8. The molecule has 0 saturated carbocycles. The fraction of sp³-hybridized carbons (Fsp3) is 0.896. The van der Waals surface area contributed by atoms with Crippen LogP contribution >= 0.6 is 15.6 Å². The average Bonchev–Trinajstić information content (AvgIpc) is 1.47. The second kappa shape index (κ2) is 67.1. The van der Waals surface area contributed by atoms with Gasteiger partial charge >= 0.3 is 39.5 Å². The van der Waals surface area contributed by atoms with Crippen molar-refractivity contribution in [3.63, 3.8) is 0 Å². The molecule has 0 bridgehead atoms. The van der Waals surface area contributed by atoms with Crippen LogP contribution in [0.15, 0.2) is 24.3 Å². The lowest BCUT2D eigenvalue weighted by Crippen LogP contribution is -2.30. The Morgan fingerprint density at radius 2 is 0.615 bits per heavy atom. The van der Waals surface area contributed by atoms with Gasteiger partial charge in [0.2, 0.25) is 0 Å². The van der Waals surface area contributed by atoms with Crippen LogP contribution in [0, 0.1) is 17.8 Å². The van der Waals surface area contributed by atoms with Gasteiger partial charge < -0.3 is 33.8 Å². The van der Waals surface area contributed by atoms with E-state index >= 15 is 0 Å². The Morgan fingerprint density at radius 3 is 0.927 bits per heavy atom. The highest BCUT2D eigenvalue weighted by Gasteiger charge is 2.30. The molecule has 3 N–H and O–H groups in total. The van der Waals surface area contributed by atoms with Crippen LogP contribution in [0.2, 0.25) is 0 Å². The van der Waals surface area contributed by atoms with Gasteiger partial charge in [0, 0.05) is 25.7 Å². The van der Waals surface area contributed by atoms with Gasteiger partial charge in [0.05, 0.1) is 26.4 Å². The summed E-state index contributed by atoms with van der Waals surface area (Å²) >= 11 is 0. The largest absolute Gasteiger partial charge is 0.472 e. The number of aliphatic hydroxyl groups is 1. The molecule has 0 saturated heterocycles. The van der Waals surface area contributed by atoms with Gasteiger partial charge in [-0.1, -0.05) is 317 Å². The van der Waals surface area contributed by atoms with E-state index in [2.05, 4.69) is 72.8 Å². The second-order valence-corrected chi connectivity index (χ2v) is 31.2. The standard InChI is InChI=1S/C77H146O17P2/c1-8-10-11-12-13-14-15-16-18-23-26-32-37-46-53-60-76(81)93-72(64-87-74(79)58-51-44-36-31-25-22-20-17-19-21-24-29-34-41-48-55-68(3)4)66-91-95(83,84)89-62-71(78)63-90-96(85,86)92-67-73(65-88-75(80)59-52-45-40-39-42-49-56-69(5)6)94-77(82)61-54-47-38-33-28-27-30-35-43-50-57-70(7)9-2/h14-16,18,68-73,78H,8-13,17,19-67H2,1-7H3,(H,83,84)(H,85,86)/b15-14-,18-16-/t70?,71-,72-,73-/m1/s1. The maximum atomic E-state index is 13.1. The molecule has 0 amide bonds. The Morgan fingerprint density at radius 1 is 0.344 bits per heavy atom. The van der Waals surface area contributed by atoms with Crippen molar-refractivity contribution in [3.05, 3.63) is 24.3 Å². The second-order valence-electron chi connectivity index (χ2n) is 28.3. The lowest BCUT2D eigenvalue weighted by molar-refractivity contribution is -0.161. The first kappa shape index (κ1) is 93.5. The molecule has 17 nitrogen and oxygen atoms in total. The van der Waals surface area contributed by atoms with E-state index in [1.165, 1.54) is 161 Å². The lowest BCUT2D eigenvalue weighted by Gasteiger charge is -2.21. The first-order chi connectivity index (χ1) is 46.3. The van der Waals surface area contributed by atoms with Crippen LogP contribution in [-0.2, 0) is 65.4 Å². The number of aliphatic hydroxyl groups excluding tert-OH is 1. The van der Waals surface area contributed by atoms with Crippen molar-refractivity contribution in [3.8, 4) is 0 Å². The van der Waals surface area contributed by atoms with E-state index in [9.17, 15) is 43.2 Å². The van der Waals surface area contributed by atoms with Crippen molar-refractivity contribution >= 4 is 39.5 Å². The van der Waals surface area contributed by atoms with Crippen molar-refractivity contribution in [2.24, 2.45) is 17.8 Å². The molecular formula is C77H146O17P2.